The lowest BCUT2D eigenvalue weighted by atomic mass is 9.57. The van der Waals surface area contributed by atoms with Crippen LogP contribution >= 0.6 is 0 Å². The molecule has 0 N–H and O–H groups in total. The fourth-order valence-electron chi connectivity index (χ4n) is 5.05. The SMILES string of the molecule is CC(C)C1CC2CC(C)C(C)C2C(C(C)(C)C)C1. The summed E-state index contributed by atoms with van der Waals surface area (Å²) in [5, 5.41) is 0. The third-order valence-corrected chi connectivity index (χ3v) is 6.41. The zero-order valence-electron chi connectivity index (χ0n) is 13.7. The predicted octanol–water partition coefficient (Wildman–Crippen LogP) is 5.62. The number of fused-ring (bicyclic) bond motifs is 1. The third kappa shape index (κ3) is 2.49. The highest BCUT2D eigenvalue weighted by atomic mass is 14.5. The summed E-state index contributed by atoms with van der Waals surface area (Å²) >= 11 is 0. The molecular formula is C18H34. The molecule has 2 rings (SSSR count). The molecule has 0 heteroatoms. The van der Waals surface area contributed by atoms with E-state index >= 15 is 0 Å². The van der Waals surface area contributed by atoms with Gasteiger partial charge >= 0.3 is 0 Å². The van der Waals surface area contributed by atoms with Gasteiger partial charge in [-0.25, -0.2) is 0 Å². The van der Waals surface area contributed by atoms with E-state index in [9.17, 15) is 0 Å². The first-order chi connectivity index (χ1) is 8.21. The smallest absolute Gasteiger partial charge is 0.0324 e. The van der Waals surface area contributed by atoms with Crippen LogP contribution in [0.25, 0.3) is 0 Å². The molecule has 18 heavy (non-hydrogen) atoms. The molecule has 0 bridgehead atoms. The maximum Gasteiger partial charge on any atom is -0.0324 e. The van der Waals surface area contributed by atoms with Gasteiger partial charge < -0.3 is 0 Å². The van der Waals surface area contributed by atoms with Gasteiger partial charge in [0.1, 0.15) is 0 Å². The van der Waals surface area contributed by atoms with Crippen LogP contribution in [0.2, 0.25) is 0 Å². The van der Waals surface area contributed by atoms with Gasteiger partial charge in [0, 0.05) is 0 Å². The Morgan fingerprint density at radius 3 is 2.06 bits per heavy atom. The minimum atomic E-state index is 0.495. The third-order valence-electron chi connectivity index (χ3n) is 6.41. The number of hydrogen-bond donors (Lipinski definition) is 0. The van der Waals surface area contributed by atoms with Crippen LogP contribution in [0, 0.1) is 46.8 Å². The molecule has 0 saturated heterocycles. The number of rotatable bonds is 1. The van der Waals surface area contributed by atoms with Crippen molar-refractivity contribution in [3.63, 3.8) is 0 Å². The van der Waals surface area contributed by atoms with Gasteiger partial charge in [-0.3, -0.25) is 0 Å². The summed E-state index contributed by atoms with van der Waals surface area (Å²) in [6.07, 6.45) is 4.50. The lowest BCUT2D eigenvalue weighted by molar-refractivity contribution is 0.0134. The highest BCUT2D eigenvalue weighted by Gasteiger charge is 2.50. The van der Waals surface area contributed by atoms with Gasteiger partial charge in [0.15, 0.2) is 0 Å². The van der Waals surface area contributed by atoms with Crippen LogP contribution in [-0.4, -0.2) is 0 Å². The van der Waals surface area contributed by atoms with Gasteiger partial charge in [0.2, 0.25) is 0 Å². The first-order valence-electron chi connectivity index (χ1n) is 8.21. The maximum absolute atomic E-state index is 2.53. The Labute approximate surface area is 115 Å². The van der Waals surface area contributed by atoms with Crippen LogP contribution in [0.5, 0.6) is 0 Å². The molecule has 0 amide bonds. The Bertz CT molecular complexity index is 283. The van der Waals surface area contributed by atoms with Gasteiger partial charge in [-0.2, -0.15) is 0 Å². The minimum Gasteiger partial charge on any atom is -0.0625 e. The Hall–Kier alpha value is 0. The Morgan fingerprint density at radius 2 is 1.56 bits per heavy atom. The fraction of sp³-hybridized carbons (Fsp3) is 1.00. The van der Waals surface area contributed by atoms with Crippen LogP contribution in [-0.2, 0) is 0 Å². The average molecular weight is 250 g/mol. The molecule has 2 aliphatic carbocycles. The van der Waals surface area contributed by atoms with E-state index in [1.165, 1.54) is 19.3 Å². The van der Waals surface area contributed by atoms with Crippen LogP contribution < -0.4 is 0 Å². The lowest BCUT2D eigenvalue weighted by Crippen LogP contribution is -2.40. The van der Waals surface area contributed by atoms with Crippen molar-refractivity contribution >= 4 is 0 Å². The summed E-state index contributed by atoms with van der Waals surface area (Å²) in [7, 11) is 0. The van der Waals surface area contributed by atoms with Gasteiger partial charge in [0.05, 0.1) is 0 Å². The first kappa shape index (κ1) is 14.4. The van der Waals surface area contributed by atoms with Gasteiger partial charge in [-0.05, 0) is 66.1 Å². The monoisotopic (exact) mass is 250 g/mol. The van der Waals surface area contributed by atoms with E-state index < -0.39 is 0 Å². The van der Waals surface area contributed by atoms with Crippen LogP contribution in [0.3, 0.4) is 0 Å². The van der Waals surface area contributed by atoms with E-state index in [2.05, 4.69) is 48.5 Å². The first-order valence-corrected chi connectivity index (χ1v) is 8.21. The average Bonchev–Trinajstić information content (AvgIpc) is 2.52. The fourth-order valence-corrected chi connectivity index (χ4v) is 5.05. The molecule has 106 valence electrons. The summed E-state index contributed by atoms with van der Waals surface area (Å²) < 4.78 is 0. The second-order valence-corrected chi connectivity index (χ2v) is 8.86. The molecular weight excluding hydrogens is 216 g/mol. The Morgan fingerprint density at radius 1 is 0.944 bits per heavy atom. The van der Waals surface area contributed by atoms with Gasteiger partial charge in [-0.15, -0.1) is 0 Å². The van der Waals surface area contributed by atoms with Crippen molar-refractivity contribution in [1.29, 1.82) is 0 Å². The molecule has 0 nitrogen and oxygen atoms in total. The summed E-state index contributed by atoms with van der Waals surface area (Å²) in [5.41, 5.74) is 0.495. The molecule has 6 atom stereocenters. The Balaban J connectivity index is 2.24. The van der Waals surface area contributed by atoms with Crippen molar-refractivity contribution in [2.45, 2.75) is 67.7 Å². The zero-order valence-corrected chi connectivity index (χ0v) is 13.7. The summed E-state index contributed by atoms with van der Waals surface area (Å²) in [4.78, 5) is 0. The molecule has 0 aromatic rings. The minimum absolute atomic E-state index is 0.495. The highest BCUT2D eigenvalue weighted by Crippen LogP contribution is 2.57. The normalized spacial score (nSPS) is 45.3. The molecule has 0 spiro atoms. The van der Waals surface area contributed by atoms with E-state index in [1.807, 2.05) is 0 Å². The molecule has 2 saturated carbocycles. The van der Waals surface area contributed by atoms with Crippen molar-refractivity contribution < 1.29 is 0 Å². The molecule has 6 unspecified atom stereocenters. The molecule has 2 fully saturated rings. The summed E-state index contributed by atoms with van der Waals surface area (Å²) in [6.45, 7) is 17.3. The molecule has 0 radical (unpaired) electrons. The van der Waals surface area contributed by atoms with E-state index in [0.717, 1.165) is 41.4 Å². The second-order valence-electron chi connectivity index (χ2n) is 8.86. The van der Waals surface area contributed by atoms with Crippen LogP contribution in [0.4, 0.5) is 0 Å². The largest absolute Gasteiger partial charge is 0.0625 e. The second kappa shape index (κ2) is 4.84. The van der Waals surface area contributed by atoms with Crippen LogP contribution in [0.1, 0.15) is 67.7 Å². The quantitative estimate of drug-likeness (QED) is 0.566. The predicted molar refractivity (Wildman–Crippen MR) is 80.4 cm³/mol. The standard InChI is InChI=1S/C18H34/c1-11(2)14-9-15-8-12(3)13(4)17(15)16(10-14)18(5,6)7/h11-17H,8-10H2,1-7H3. The molecule has 0 aromatic heterocycles. The summed E-state index contributed by atoms with van der Waals surface area (Å²) in [6, 6.07) is 0. The van der Waals surface area contributed by atoms with Gasteiger partial charge in [-0.1, -0.05) is 48.5 Å². The molecule has 0 aromatic carbocycles. The van der Waals surface area contributed by atoms with E-state index in [0.29, 0.717) is 5.41 Å². The van der Waals surface area contributed by atoms with Crippen LogP contribution in [0.15, 0.2) is 0 Å². The van der Waals surface area contributed by atoms with E-state index in [-0.39, 0.29) is 0 Å². The topological polar surface area (TPSA) is 0 Å². The van der Waals surface area contributed by atoms with Crippen molar-refractivity contribution in [2.24, 2.45) is 46.8 Å². The zero-order chi connectivity index (χ0) is 13.7. The van der Waals surface area contributed by atoms with E-state index in [1.54, 1.807) is 0 Å². The molecule has 0 aliphatic heterocycles. The van der Waals surface area contributed by atoms with Crippen molar-refractivity contribution in [1.82, 2.24) is 0 Å². The van der Waals surface area contributed by atoms with Crippen molar-refractivity contribution in [3.05, 3.63) is 0 Å². The number of hydrogen-bond acceptors (Lipinski definition) is 0. The van der Waals surface area contributed by atoms with Crippen molar-refractivity contribution in [3.8, 4) is 0 Å². The maximum atomic E-state index is 2.53. The molecule has 0 heterocycles. The van der Waals surface area contributed by atoms with E-state index in [4.69, 9.17) is 0 Å². The summed E-state index contributed by atoms with van der Waals surface area (Å²) in [5.74, 6) is 6.75. The lowest BCUT2D eigenvalue weighted by Gasteiger charge is -2.48. The molecule has 2 aliphatic rings. The Kier molecular flexibility index (Phi) is 3.87. The highest BCUT2D eigenvalue weighted by molar-refractivity contribution is 4.99. The van der Waals surface area contributed by atoms with Gasteiger partial charge in [0.25, 0.3) is 0 Å². The van der Waals surface area contributed by atoms with Crippen molar-refractivity contribution in [2.75, 3.05) is 0 Å².